The maximum atomic E-state index is 5.70. The van der Waals surface area contributed by atoms with Gasteiger partial charge in [0.2, 0.25) is 0 Å². The van der Waals surface area contributed by atoms with Crippen LogP contribution in [0.1, 0.15) is 35.6 Å². The fourth-order valence-corrected chi connectivity index (χ4v) is 2.21. The summed E-state index contributed by atoms with van der Waals surface area (Å²) in [5.41, 5.74) is 11.4. The van der Waals surface area contributed by atoms with Crippen molar-refractivity contribution in [2.45, 2.75) is 40.5 Å². The van der Waals surface area contributed by atoms with Crippen molar-refractivity contribution in [1.29, 1.82) is 0 Å². The molecule has 18 heavy (non-hydrogen) atoms. The highest BCUT2D eigenvalue weighted by molar-refractivity contribution is 5.38. The molecular formula is C16H28N2. The normalized spacial score (nSPS) is 12.7. The molecule has 0 heterocycles. The van der Waals surface area contributed by atoms with Gasteiger partial charge in [-0.15, -0.1) is 0 Å². The summed E-state index contributed by atoms with van der Waals surface area (Å²) in [6.07, 6.45) is 2.26. The van der Waals surface area contributed by atoms with E-state index in [9.17, 15) is 0 Å². The molecule has 0 radical (unpaired) electrons. The fraction of sp³-hybridized carbons (Fsp3) is 0.625. The Balaban J connectivity index is 2.43. The zero-order chi connectivity index (χ0) is 13.5. The van der Waals surface area contributed by atoms with Gasteiger partial charge in [-0.25, -0.2) is 0 Å². The Hall–Kier alpha value is -0.860. The Morgan fingerprint density at radius 2 is 1.89 bits per heavy atom. The number of aryl methyl sites for hydroxylation is 1. The van der Waals surface area contributed by atoms with Crippen LogP contribution in [0.15, 0.2) is 12.1 Å². The summed E-state index contributed by atoms with van der Waals surface area (Å²) in [5, 5.41) is 3.52. The first-order valence-corrected chi connectivity index (χ1v) is 7.06. The predicted octanol–water partition coefficient (Wildman–Crippen LogP) is 2.73. The van der Waals surface area contributed by atoms with E-state index in [2.05, 4.69) is 45.1 Å². The lowest BCUT2D eigenvalue weighted by atomic mass is 9.97. The first-order valence-electron chi connectivity index (χ1n) is 7.06. The molecule has 1 aromatic carbocycles. The van der Waals surface area contributed by atoms with Gasteiger partial charge in [0.25, 0.3) is 0 Å². The van der Waals surface area contributed by atoms with Gasteiger partial charge in [0.1, 0.15) is 0 Å². The Bertz CT molecular complexity index is 368. The lowest BCUT2D eigenvalue weighted by Crippen LogP contribution is -2.29. The molecular weight excluding hydrogens is 220 g/mol. The van der Waals surface area contributed by atoms with Crippen LogP contribution in [-0.2, 0) is 6.42 Å². The number of nitrogens with one attached hydrogen (secondary N) is 1. The second-order valence-electron chi connectivity index (χ2n) is 5.26. The molecule has 0 saturated heterocycles. The number of rotatable bonds is 7. The average molecular weight is 248 g/mol. The van der Waals surface area contributed by atoms with Crippen LogP contribution in [-0.4, -0.2) is 19.6 Å². The fourth-order valence-electron chi connectivity index (χ4n) is 2.21. The summed E-state index contributed by atoms with van der Waals surface area (Å²) in [4.78, 5) is 0. The van der Waals surface area contributed by atoms with Crippen molar-refractivity contribution >= 4 is 0 Å². The topological polar surface area (TPSA) is 38.0 Å². The van der Waals surface area contributed by atoms with E-state index in [0.717, 1.165) is 32.5 Å². The molecule has 1 unspecified atom stereocenters. The molecule has 1 atom stereocenters. The van der Waals surface area contributed by atoms with Crippen molar-refractivity contribution in [3.05, 3.63) is 34.4 Å². The third kappa shape index (κ3) is 4.11. The maximum Gasteiger partial charge on any atom is -0.000812 e. The van der Waals surface area contributed by atoms with Gasteiger partial charge in [0.05, 0.1) is 0 Å². The third-order valence-corrected chi connectivity index (χ3v) is 4.09. The van der Waals surface area contributed by atoms with Crippen LogP contribution in [0.4, 0.5) is 0 Å². The molecule has 0 aliphatic rings. The van der Waals surface area contributed by atoms with Crippen molar-refractivity contribution in [3.63, 3.8) is 0 Å². The quantitative estimate of drug-likeness (QED) is 0.728. The molecule has 0 aromatic heterocycles. The van der Waals surface area contributed by atoms with Crippen molar-refractivity contribution in [2.24, 2.45) is 11.7 Å². The first-order chi connectivity index (χ1) is 8.60. The van der Waals surface area contributed by atoms with Crippen LogP contribution >= 0.6 is 0 Å². The highest BCUT2D eigenvalue weighted by Gasteiger charge is 2.05. The molecule has 0 saturated carbocycles. The average Bonchev–Trinajstić information content (AvgIpc) is 2.38. The van der Waals surface area contributed by atoms with Gasteiger partial charge in [-0.2, -0.15) is 0 Å². The Kier molecular flexibility index (Phi) is 6.37. The summed E-state index contributed by atoms with van der Waals surface area (Å²) in [6.45, 7) is 11.7. The molecule has 0 spiro atoms. The van der Waals surface area contributed by atoms with Gasteiger partial charge in [-0.05, 0) is 75.0 Å². The van der Waals surface area contributed by atoms with Gasteiger partial charge in [0, 0.05) is 0 Å². The second-order valence-corrected chi connectivity index (χ2v) is 5.26. The highest BCUT2D eigenvalue weighted by atomic mass is 14.9. The zero-order valence-corrected chi connectivity index (χ0v) is 12.3. The summed E-state index contributed by atoms with van der Waals surface area (Å²) in [6, 6.07) is 4.49. The minimum atomic E-state index is 0.617. The Morgan fingerprint density at radius 1 is 1.17 bits per heavy atom. The summed E-state index contributed by atoms with van der Waals surface area (Å²) in [7, 11) is 0. The van der Waals surface area contributed by atoms with E-state index in [4.69, 9.17) is 5.73 Å². The summed E-state index contributed by atoms with van der Waals surface area (Å²) < 4.78 is 0. The Morgan fingerprint density at radius 3 is 2.50 bits per heavy atom. The smallest absolute Gasteiger partial charge is 0.000812 e. The number of hydrogen-bond acceptors (Lipinski definition) is 2. The monoisotopic (exact) mass is 248 g/mol. The number of nitrogens with two attached hydrogens (primary N) is 1. The van der Waals surface area contributed by atoms with Crippen LogP contribution in [0.5, 0.6) is 0 Å². The standard InChI is InChI=1S/C16H28N2/c1-5-15(10-17)11-18-9-8-16-7-6-12(2)13(3)14(16)4/h6-7,15,18H,5,8-11,17H2,1-4H3. The SMILES string of the molecule is CCC(CN)CNCCc1ccc(C)c(C)c1C. The Labute approximate surface area is 112 Å². The lowest BCUT2D eigenvalue weighted by Gasteiger charge is -2.14. The third-order valence-electron chi connectivity index (χ3n) is 4.09. The molecule has 0 aliphatic carbocycles. The van der Waals surface area contributed by atoms with Gasteiger partial charge < -0.3 is 11.1 Å². The van der Waals surface area contributed by atoms with Gasteiger partial charge in [0.15, 0.2) is 0 Å². The molecule has 0 amide bonds. The van der Waals surface area contributed by atoms with E-state index in [-0.39, 0.29) is 0 Å². The minimum Gasteiger partial charge on any atom is -0.330 e. The van der Waals surface area contributed by atoms with E-state index in [1.165, 1.54) is 22.3 Å². The predicted molar refractivity (Wildman–Crippen MR) is 80.1 cm³/mol. The summed E-state index contributed by atoms with van der Waals surface area (Å²) in [5.74, 6) is 0.617. The van der Waals surface area contributed by atoms with Crippen molar-refractivity contribution < 1.29 is 0 Å². The molecule has 1 rings (SSSR count). The van der Waals surface area contributed by atoms with Gasteiger partial charge >= 0.3 is 0 Å². The van der Waals surface area contributed by atoms with Crippen LogP contribution in [0.25, 0.3) is 0 Å². The molecule has 2 heteroatoms. The van der Waals surface area contributed by atoms with Crippen molar-refractivity contribution in [1.82, 2.24) is 5.32 Å². The number of benzene rings is 1. The van der Waals surface area contributed by atoms with E-state index < -0.39 is 0 Å². The summed E-state index contributed by atoms with van der Waals surface area (Å²) >= 11 is 0. The molecule has 1 aromatic rings. The van der Waals surface area contributed by atoms with Crippen LogP contribution in [0, 0.1) is 26.7 Å². The molecule has 2 nitrogen and oxygen atoms in total. The zero-order valence-electron chi connectivity index (χ0n) is 12.3. The molecule has 102 valence electrons. The molecule has 3 N–H and O–H groups in total. The second kappa shape index (κ2) is 7.55. The molecule has 0 aliphatic heterocycles. The first kappa shape index (κ1) is 15.2. The van der Waals surface area contributed by atoms with Crippen molar-refractivity contribution in [2.75, 3.05) is 19.6 Å². The molecule has 0 bridgehead atoms. The van der Waals surface area contributed by atoms with Crippen molar-refractivity contribution in [3.8, 4) is 0 Å². The lowest BCUT2D eigenvalue weighted by molar-refractivity contribution is 0.473. The van der Waals surface area contributed by atoms with E-state index in [0.29, 0.717) is 5.92 Å². The van der Waals surface area contributed by atoms with Gasteiger partial charge in [-0.1, -0.05) is 25.5 Å². The number of hydrogen-bond donors (Lipinski definition) is 2. The van der Waals surface area contributed by atoms with Crippen LogP contribution in [0.3, 0.4) is 0 Å². The maximum absolute atomic E-state index is 5.70. The largest absolute Gasteiger partial charge is 0.330 e. The highest BCUT2D eigenvalue weighted by Crippen LogP contribution is 2.17. The van der Waals surface area contributed by atoms with Crippen LogP contribution < -0.4 is 11.1 Å². The van der Waals surface area contributed by atoms with E-state index in [1.807, 2.05) is 0 Å². The van der Waals surface area contributed by atoms with E-state index >= 15 is 0 Å². The van der Waals surface area contributed by atoms with E-state index in [1.54, 1.807) is 0 Å². The van der Waals surface area contributed by atoms with Crippen LogP contribution in [0.2, 0.25) is 0 Å². The van der Waals surface area contributed by atoms with Gasteiger partial charge in [-0.3, -0.25) is 0 Å². The molecule has 0 fully saturated rings. The minimum absolute atomic E-state index is 0.617.